The van der Waals surface area contributed by atoms with Crippen LogP contribution in [0.25, 0.3) is 0 Å². The molecule has 0 bridgehead atoms. The Morgan fingerprint density at radius 2 is 2.56 bits per heavy atom. The first-order valence-electron chi connectivity index (χ1n) is 5.74. The fourth-order valence-electron chi connectivity index (χ4n) is 2.04. The summed E-state index contributed by atoms with van der Waals surface area (Å²) in [6.45, 7) is 1.67. The summed E-state index contributed by atoms with van der Waals surface area (Å²) in [5.41, 5.74) is 1.04. The van der Waals surface area contributed by atoms with Crippen molar-refractivity contribution in [1.82, 2.24) is 10.2 Å². The highest BCUT2D eigenvalue weighted by atomic mass is 16.3. The molecule has 1 aliphatic heterocycles. The molecule has 1 aromatic rings. The van der Waals surface area contributed by atoms with E-state index in [0.717, 1.165) is 18.5 Å². The van der Waals surface area contributed by atoms with Crippen LogP contribution >= 0.6 is 0 Å². The van der Waals surface area contributed by atoms with Gasteiger partial charge in [-0.25, -0.2) is 0 Å². The largest absolute Gasteiger partial charge is 0.472 e. The van der Waals surface area contributed by atoms with Crippen LogP contribution < -0.4 is 5.32 Å². The Balaban J connectivity index is 1.79. The van der Waals surface area contributed by atoms with Crippen molar-refractivity contribution in [2.24, 2.45) is 0 Å². The second-order valence-electron chi connectivity index (χ2n) is 4.38. The molecule has 0 radical (unpaired) electrons. The van der Waals surface area contributed by atoms with E-state index in [1.165, 1.54) is 6.42 Å². The zero-order valence-corrected chi connectivity index (χ0v) is 9.61. The van der Waals surface area contributed by atoms with Crippen LogP contribution in [-0.4, -0.2) is 30.4 Å². The van der Waals surface area contributed by atoms with Crippen molar-refractivity contribution in [1.29, 1.82) is 0 Å². The van der Waals surface area contributed by atoms with E-state index < -0.39 is 0 Å². The molecule has 88 valence electrons. The van der Waals surface area contributed by atoms with Crippen molar-refractivity contribution >= 4 is 5.91 Å². The molecule has 1 atom stereocenters. The summed E-state index contributed by atoms with van der Waals surface area (Å²) in [5, 5.41) is 3.34. The molecule has 1 saturated heterocycles. The van der Waals surface area contributed by atoms with Gasteiger partial charge in [0.25, 0.3) is 0 Å². The maximum atomic E-state index is 11.9. The maximum absolute atomic E-state index is 11.9. The van der Waals surface area contributed by atoms with Crippen LogP contribution in [0.3, 0.4) is 0 Å². The van der Waals surface area contributed by atoms with Gasteiger partial charge in [-0.05, 0) is 25.5 Å². The molecule has 1 unspecified atom stereocenters. The van der Waals surface area contributed by atoms with Crippen molar-refractivity contribution in [2.75, 3.05) is 13.6 Å². The first-order valence-corrected chi connectivity index (χ1v) is 5.74. The molecule has 0 spiro atoms. The van der Waals surface area contributed by atoms with Crippen molar-refractivity contribution in [2.45, 2.75) is 31.8 Å². The summed E-state index contributed by atoms with van der Waals surface area (Å²) in [4.78, 5) is 13.6. The van der Waals surface area contributed by atoms with E-state index in [1.54, 1.807) is 17.4 Å². The molecule has 1 amide bonds. The SMILES string of the molecule is CN(Cc1ccoc1)C(=O)CC1CCCN1. The minimum atomic E-state index is 0.195. The molecule has 4 nitrogen and oxygen atoms in total. The number of hydrogen-bond donors (Lipinski definition) is 1. The number of hydrogen-bond acceptors (Lipinski definition) is 3. The lowest BCUT2D eigenvalue weighted by atomic mass is 10.1. The fraction of sp³-hybridized carbons (Fsp3) is 0.583. The van der Waals surface area contributed by atoms with Crippen molar-refractivity contribution in [3.05, 3.63) is 24.2 Å². The lowest BCUT2D eigenvalue weighted by Crippen LogP contribution is -2.33. The minimum absolute atomic E-state index is 0.195. The molecule has 0 aromatic carbocycles. The molecule has 16 heavy (non-hydrogen) atoms. The van der Waals surface area contributed by atoms with Gasteiger partial charge in [0.1, 0.15) is 0 Å². The Labute approximate surface area is 95.6 Å². The molecule has 2 rings (SSSR count). The van der Waals surface area contributed by atoms with Crippen LogP contribution in [0.15, 0.2) is 23.0 Å². The standard InChI is InChI=1S/C12H18N2O2/c1-14(8-10-4-6-16-9-10)12(15)7-11-3-2-5-13-11/h4,6,9,11,13H,2-3,5,7-8H2,1H3. The van der Waals surface area contributed by atoms with Gasteiger partial charge in [0.05, 0.1) is 12.5 Å². The summed E-state index contributed by atoms with van der Waals surface area (Å²) >= 11 is 0. The number of furan rings is 1. The average molecular weight is 222 g/mol. The average Bonchev–Trinajstić information content (AvgIpc) is 2.90. The number of amides is 1. The molecular weight excluding hydrogens is 204 g/mol. The van der Waals surface area contributed by atoms with Crippen molar-refractivity contribution < 1.29 is 9.21 Å². The molecule has 0 saturated carbocycles. The van der Waals surface area contributed by atoms with Crippen LogP contribution in [0.1, 0.15) is 24.8 Å². The highest BCUT2D eigenvalue weighted by Gasteiger charge is 2.19. The highest BCUT2D eigenvalue weighted by Crippen LogP contribution is 2.11. The van der Waals surface area contributed by atoms with E-state index in [9.17, 15) is 4.79 Å². The quantitative estimate of drug-likeness (QED) is 0.837. The minimum Gasteiger partial charge on any atom is -0.472 e. The third kappa shape index (κ3) is 2.85. The first-order chi connectivity index (χ1) is 7.75. The Bertz CT molecular complexity index is 329. The zero-order chi connectivity index (χ0) is 11.4. The maximum Gasteiger partial charge on any atom is 0.224 e. The van der Waals surface area contributed by atoms with Crippen LogP contribution in [-0.2, 0) is 11.3 Å². The first kappa shape index (κ1) is 11.2. The van der Waals surface area contributed by atoms with Gasteiger partial charge < -0.3 is 14.6 Å². The summed E-state index contributed by atoms with van der Waals surface area (Å²) in [6.07, 6.45) is 6.22. The third-order valence-electron chi connectivity index (χ3n) is 3.01. The van der Waals surface area contributed by atoms with Gasteiger partial charge in [0, 0.05) is 31.6 Å². The van der Waals surface area contributed by atoms with Crippen LogP contribution in [0, 0.1) is 0 Å². The predicted molar refractivity (Wildman–Crippen MR) is 60.8 cm³/mol. The van der Waals surface area contributed by atoms with E-state index in [0.29, 0.717) is 19.0 Å². The Morgan fingerprint density at radius 1 is 1.69 bits per heavy atom. The molecule has 1 fully saturated rings. The van der Waals surface area contributed by atoms with Gasteiger partial charge in [0.15, 0.2) is 0 Å². The summed E-state index contributed by atoms with van der Waals surface area (Å²) in [6, 6.07) is 2.26. The molecule has 0 aliphatic carbocycles. The molecule has 1 aromatic heterocycles. The number of carbonyl (C=O) groups excluding carboxylic acids is 1. The Hall–Kier alpha value is -1.29. The zero-order valence-electron chi connectivity index (χ0n) is 9.61. The van der Waals surface area contributed by atoms with Gasteiger partial charge in [-0.3, -0.25) is 4.79 Å². The smallest absolute Gasteiger partial charge is 0.224 e. The van der Waals surface area contributed by atoms with E-state index in [-0.39, 0.29) is 5.91 Å². The number of rotatable bonds is 4. The lowest BCUT2D eigenvalue weighted by molar-refractivity contribution is -0.130. The normalized spacial score (nSPS) is 19.9. The second-order valence-corrected chi connectivity index (χ2v) is 4.38. The second kappa shape index (κ2) is 5.16. The topological polar surface area (TPSA) is 45.5 Å². The molecular formula is C12H18N2O2. The van der Waals surface area contributed by atoms with E-state index in [2.05, 4.69) is 5.32 Å². The monoisotopic (exact) mass is 222 g/mol. The lowest BCUT2D eigenvalue weighted by Gasteiger charge is -2.18. The van der Waals surface area contributed by atoms with Gasteiger partial charge in [-0.2, -0.15) is 0 Å². The highest BCUT2D eigenvalue weighted by molar-refractivity contribution is 5.76. The molecule has 1 aliphatic rings. The van der Waals surface area contributed by atoms with E-state index in [4.69, 9.17) is 4.42 Å². The Morgan fingerprint density at radius 3 is 3.19 bits per heavy atom. The van der Waals surface area contributed by atoms with Crippen molar-refractivity contribution in [3.8, 4) is 0 Å². The molecule has 2 heterocycles. The fourth-order valence-corrected chi connectivity index (χ4v) is 2.04. The van der Waals surface area contributed by atoms with E-state index in [1.807, 2.05) is 13.1 Å². The van der Waals surface area contributed by atoms with Crippen molar-refractivity contribution in [3.63, 3.8) is 0 Å². The van der Waals surface area contributed by atoms with Crippen LogP contribution in [0.4, 0.5) is 0 Å². The third-order valence-corrected chi connectivity index (χ3v) is 3.01. The van der Waals surface area contributed by atoms with Gasteiger partial charge >= 0.3 is 0 Å². The summed E-state index contributed by atoms with van der Waals surface area (Å²) in [5.74, 6) is 0.195. The molecule has 4 heteroatoms. The predicted octanol–water partition coefficient (Wildman–Crippen LogP) is 1.38. The van der Waals surface area contributed by atoms with E-state index >= 15 is 0 Å². The van der Waals surface area contributed by atoms with Gasteiger partial charge in [-0.15, -0.1) is 0 Å². The van der Waals surface area contributed by atoms with Gasteiger partial charge in [0.2, 0.25) is 5.91 Å². The molecule has 1 N–H and O–H groups in total. The number of nitrogens with one attached hydrogen (secondary N) is 1. The number of nitrogens with zero attached hydrogens (tertiary/aromatic N) is 1. The summed E-state index contributed by atoms with van der Waals surface area (Å²) in [7, 11) is 1.84. The van der Waals surface area contributed by atoms with Crippen LogP contribution in [0.2, 0.25) is 0 Å². The Kier molecular flexibility index (Phi) is 3.62. The number of carbonyl (C=O) groups is 1. The van der Waals surface area contributed by atoms with Crippen LogP contribution in [0.5, 0.6) is 0 Å². The van der Waals surface area contributed by atoms with Gasteiger partial charge in [-0.1, -0.05) is 0 Å². The summed E-state index contributed by atoms with van der Waals surface area (Å²) < 4.78 is 4.98.